The van der Waals surface area contributed by atoms with E-state index in [0.717, 1.165) is 20.6 Å². The Labute approximate surface area is 120 Å². The Morgan fingerprint density at radius 3 is 2.61 bits per heavy atom. The predicted molar refractivity (Wildman–Crippen MR) is 80.9 cm³/mol. The van der Waals surface area contributed by atoms with Crippen LogP contribution in [0.3, 0.4) is 0 Å². The molecule has 2 N–H and O–H groups in total. The number of para-hydroxylation sites is 1. The highest BCUT2D eigenvalue weighted by atomic mass is 127. The highest BCUT2D eigenvalue weighted by molar-refractivity contribution is 14.1. The van der Waals surface area contributed by atoms with Crippen LogP contribution in [0.4, 0.5) is 5.82 Å². The Balaban J connectivity index is 2.47. The van der Waals surface area contributed by atoms with Gasteiger partial charge < -0.3 is 10.5 Å². The lowest BCUT2D eigenvalue weighted by molar-refractivity contribution is 0.401. The Morgan fingerprint density at radius 1 is 1.39 bits per heavy atom. The summed E-state index contributed by atoms with van der Waals surface area (Å²) in [5.74, 6) is 1.55. The quantitative estimate of drug-likeness (QED) is 0.860. The Morgan fingerprint density at radius 2 is 2.06 bits per heavy atom. The monoisotopic (exact) mass is 357 g/mol. The highest BCUT2D eigenvalue weighted by Crippen LogP contribution is 2.30. The molecule has 0 aliphatic rings. The van der Waals surface area contributed by atoms with E-state index in [1.807, 2.05) is 35.9 Å². The molecule has 0 spiro atoms. The topological polar surface area (TPSA) is 53.1 Å². The van der Waals surface area contributed by atoms with Crippen molar-refractivity contribution in [1.82, 2.24) is 9.78 Å². The molecule has 1 unspecified atom stereocenters. The molecule has 1 atom stereocenters. The Bertz CT molecular complexity index is 565. The maximum absolute atomic E-state index is 6.09. The van der Waals surface area contributed by atoms with E-state index in [1.54, 1.807) is 7.11 Å². The van der Waals surface area contributed by atoms with Gasteiger partial charge in [-0.2, -0.15) is 5.10 Å². The third kappa shape index (κ3) is 2.19. The lowest BCUT2D eigenvalue weighted by atomic mass is 10.1. The molecule has 0 bridgehead atoms. The van der Waals surface area contributed by atoms with E-state index in [1.165, 1.54) is 0 Å². The molecule has 4 nitrogen and oxygen atoms in total. The molecule has 1 aromatic heterocycles. The molecule has 0 amide bonds. The first-order chi connectivity index (χ1) is 8.56. The number of nitrogen functional groups attached to an aromatic ring is 1. The summed E-state index contributed by atoms with van der Waals surface area (Å²) in [5, 5.41) is 4.49. The van der Waals surface area contributed by atoms with Crippen LogP contribution in [0.2, 0.25) is 0 Å². The van der Waals surface area contributed by atoms with Crippen molar-refractivity contribution >= 4 is 28.4 Å². The van der Waals surface area contributed by atoms with Crippen molar-refractivity contribution in [1.29, 1.82) is 0 Å². The molecule has 0 fully saturated rings. The van der Waals surface area contributed by atoms with E-state index < -0.39 is 0 Å². The highest BCUT2D eigenvalue weighted by Gasteiger charge is 2.18. The first-order valence-corrected chi connectivity index (χ1v) is 6.77. The van der Waals surface area contributed by atoms with Gasteiger partial charge in [0.2, 0.25) is 0 Å². The van der Waals surface area contributed by atoms with Gasteiger partial charge in [-0.25, -0.2) is 4.68 Å². The summed E-state index contributed by atoms with van der Waals surface area (Å²) in [7, 11) is 1.67. The van der Waals surface area contributed by atoms with Gasteiger partial charge in [0, 0.05) is 5.56 Å². The number of halogens is 1. The number of rotatable bonds is 3. The van der Waals surface area contributed by atoms with Gasteiger partial charge >= 0.3 is 0 Å². The second kappa shape index (κ2) is 5.17. The lowest BCUT2D eigenvalue weighted by Crippen LogP contribution is -2.12. The van der Waals surface area contributed by atoms with E-state index in [4.69, 9.17) is 10.5 Å². The van der Waals surface area contributed by atoms with Crippen LogP contribution in [0, 0.1) is 10.5 Å². The summed E-state index contributed by atoms with van der Waals surface area (Å²) in [6.07, 6.45) is 0. The van der Waals surface area contributed by atoms with Gasteiger partial charge in [-0.3, -0.25) is 0 Å². The SMILES string of the molecule is COc1ccccc1C(C)n1nc(C)c(I)c1N. The average molecular weight is 357 g/mol. The van der Waals surface area contributed by atoms with Crippen LogP contribution in [0.5, 0.6) is 5.75 Å². The van der Waals surface area contributed by atoms with Crippen molar-refractivity contribution in [2.75, 3.05) is 12.8 Å². The number of nitrogens with two attached hydrogens (primary N) is 1. The third-order valence-electron chi connectivity index (χ3n) is 3.00. The molecule has 5 heteroatoms. The van der Waals surface area contributed by atoms with Crippen molar-refractivity contribution in [2.45, 2.75) is 19.9 Å². The minimum absolute atomic E-state index is 0.0448. The molecule has 96 valence electrons. The van der Waals surface area contributed by atoms with Crippen molar-refractivity contribution in [3.8, 4) is 5.75 Å². The van der Waals surface area contributed by atoms with Gasteiger partial charge in [0.1, 0.15) is 11.6 Å². The summed E-state index contributed by atoms with van der Waals surface area (Å²) in [6.45, 7) is 4.03. The molecule has 0 radical (unpaired) electrons. The molecular weight excluding hydrogens is 341 g/mol. The van der Waals surface area contributed by atoms with E-state index in [-0.39, 0.29) is 6.04 Å². The second-order valence-electron chi connectivity index (χ2n) is 4.15. The first kappa shape index (κ1) is 13.2. The van der Waals surface area contributed by atoms with Crippen molar-refractivity contribution in [3.05, 3.63) is 39.1 Å². The molecule has 0 saturated carbocycles. The molecule has 0 saturated heterocycles. The predicted octanol–water partition coefficient (Wildman–Crippen LogP) is 3.00. The Hall–Kier alpha value is -1.24. The third-order valence-corrected chi connectivity index (χ3v) is 4.34. The zero-order valence-corrected chi connectivity index (χ0v) is 12.8. The van der Waals surface area contributed by atoms with E-state index in [2.05, 4.69) is 34.6 Å². The minimum Gasteiger partial charge on any atom is -0.496 e. The van der Waals surface area contributed by atoms with Crippen LogP contribution in [0.25, 0.3) is 0 Å². The van der Waals surface area contributed by atoms with Gasteiger partial charge in [-0.15, -0.1) is 0 Å². The molecule has 2 aromatic rings. The van der Waals surface area contributed by atoms with Crippen molar-refractivity contribution in [2.24, 2.45) is 0 Å². The number of anilines is 1. The molecule has 1 heterocycles. The number of benzene rings is 1. The second-order valence-corrected chi connectivity index (χ2v) is 5.23. The lowest BCUT2D eigenvalue weighted by Gasteiger charge is -2.17. The van der Waals surface area contributed by atoms with Crippen LogP contribution in [0.15, 0.2) is 24.3 Å². The van der Waals surface area contributed by atoms with Crippen LogP contribution in [-0.4, -0.2) is 16.9 Å². The number of hydrogen-bond acceptors (Lipinski definition) is 3. The molecular formula is C13H16IN3O. The standard InChI is InChI=1S/C13H16IN3O/c1-8-12(14)13(15)17(16-8)9(2)10-6-4-5-7-11(10)18-3/h4-7,9H,15H2,1-3H3. The fourth-order valence-electron chi connectivity index (χ4n) is 1.98. The van der Waals surface area contributed by atoms with E-state index in [9.17, 15) is 0 Å². The number of aryl methyl sites for hydroxylation is 1. The van der Waals surface area contributed by atoms with Crippen LogP contribution >= 0.6 is 22.6 Å². The smallest absolute Gasteiger partial charge is 0.136 e. The number of ether oxygens (including phenoxy) is 1. The van der Waals surface area contributed by atoms with Gasteiger partial charge in [-0.05, 0) is 42.5 Å². The zero-order valence-electron chi connectivity index (χ0n) is 10.6. The molecule has 18 heavy (non-hydrogen) atoms. The van der Waals surface area contributed by atoms with Gasteiger partial charge in [-0.1, -0.05) is 18.2 Å². The number of hydrogen-bond donors (Lipinski definition) is 1. The first-order valence-electron chi connectivity index (χ1n) is 5.69. The van der Waals surface area contributed by atoms with Crippen LogP contribution < -0.4 is 10.5 Å². The van der Waals surface area contributed by atoms with Crippen molar-refractivity contribution < 1.29 is 4.74 Å². The molecule has 1 aromatic carbocycles. The molecule has 0 aliphatic heterocycles. The zero-order chi connectivity index (χ0) is 13.3. The normalized spacial score (nSPS) is 12.4. The average Bonchev–Trinajstić information content (AvgIpc) is 2.65. The summed E-state index contributed by atoms with van der Waals surface area (Å²) in [6, 6.07) is 7.97. The fraction of sp³-hybridized carbons (Fsp3) is 0.308. The number of methoxy groups -OCH3 is 1. The maximum atomic E-state index is 6.09. The summed E-state index contributed by atoms with van der Waals surface area (Å²) in [5.41, 5.74) is 8.11. The maximum Gasteiger partial charge on any atom is 0.136 e. The summed E-state index contributed by atoms with van der Waals surface area (Å²) >= 11 is 2.22. The summed E-state index contributed by atoms with van der Waals surface area (Å²) < 4.78 is 8.23. The fourth-order valence-corrected chi connectivity index (χ4v) is 2.34. The van der Waals surface area contributed by atoms with Gasteiger partial charge in [0.15, 0.2) is 0 Å². The largest absolute Gasteiger partial charge is 0.496 e. The van der Waals surface area contributed by atoms with E-state index in [0.29, 0.717) is 5.82 Å². The number of aromatic nitrogens is 2. The van der Waals surface area contributed by atoms with Crippen molar-refractivity contribution in [3.63, 3.8) is 0 Å². The van der Waals surface area contributed by atoms with Gasteiger partial charge in [0.25, 0.3) is 0 Å². The molecule has 0 aliphatic carbocycles. The van der Waals surface area contributed by atoms with Crippen LogP contribution in [0.1, 0.15) is 24.2 Å². The number of nitrogens with zero attached hydrogens (tertiary/aromatic N) is 2. The minimum atomic E-state index is 0.0448. The summed E-state index contributed by atoms with van der Waals surface area (Å²) in [4.78, 5) is 0. The molecule has 2 rings (SSSR count). The van der Waals surface area contributed by atoms with Crippen LogP contribution in [-0.2, 0) is 0 Å². The Kier molecular flexibility index (Phi) is 3.79. The van der Waals surface area contributed by atoms with E-state index >= 15 is 0 Å². The van der Waals surface area contributed by atoms with Gasteiger partial charge in [0.05, 0.1) is 22.4 Å².